The Bertz CT molecular complexity index is 1430. The third-order valence-corrected chi connectivity index (χ3v) is 6.02. The lowest BCUT2D eigenvalue weighted by molar-refractivity contribution is -0.111. The van der Waals surface area contributed by atoms with Crippen LogP contribution in [0.25, 0.3) is 17.0 Å². The molecule has 2 heterocycles. The van der Waals surface area contributed by atoms with Gasteiger partial charge in [-0.2, -0.15) is 0 Å². The number of nitrogens with one attached hydrogen (secondary N) is 2. The summed E-state index contributed by atoms with van der Waals surface area (Å²) in [7, 11) is 0. The third-order valence-electron chi connectivity index (χ3n) is 5.14. The van der Waals surface area contributed by atoms with Crippen molar-refractivity contribution >= 4 is 51.9 Å². The molecule has 2 aromatic heterocycles. The predicted molar refractivity (Wildman–Crippen MR) is 143 cm³/mol. The van der Waals surface area contributed by atoms with Crippen molar-refractivity contribution in [2.24, 2.45) is 0 Å². The van der Waals surface area contributed by atoms with E-state index in [0.717, 1.165) is 10.3 Å². The maximum absolute atomic E-state index is 12.7. The smallest absolute Gasteiger partial charge is 0.419 e. The number of fused-ring (bicyclic) bond motifs is 1. The zero-order chi connectivity index (χ0) is 25.7. The quantitative estimate of drug-likeness (QED) is 0.314. The Labute approximate surface area is 213 Å². The van der Waals surface area contributed by atoms with E-state index in [1.54, 1.807) is 47.9 Å². The van der Waals surface area contributed by atoms with E-state index in [9.17, 15) is 14.4 Å². The van der Waals surface area contributed by atoms with Crippen LogP contribution in [0, 0.1) is 0 Å². The van der Waals surface area contributed by atoms with E-state index in [1.807, 2.05) is 62.5 Å². The van der Waals surface area contributed by atoms with Crippen molar-refractivity contribution in [2.45, 2.75) is 32.9 Å². The monoisotopic (exact) mass is 501 g/mol. The van der Waals surface area contributed by atoms with E-state index >= 15 is 0 Å². The average Bonchev–Trinajstić information content (AvgIpc) is 3.48. The van der Waals surface area contributed by atoms with Crippen LogP contribution in [0.15, 0.2) is 78.3 Å². The molecular weight excluding hydrogens is 474 g/mol. The van der Waals surface area contributed by atoms with Crippen molar-refractivity contribution < 1.29 is 19.1 Å². The minimum absolute atomic E-state index is 0.218. The summed E-state index contributed by atoms with van der Waals surface area (Å²) in [4.78, 5) is 38.8. The van der Waals surface area contributed by atoms with Gasteiger partial charge in [0.2, 0.25) is 5.91 Å². The molecule has 0 atom stereocenters. The summed E-state index contributed by atoms with van der Waals surface area (Å²) in [6.07, 6.45) is 4.21. The molecule has 4 aromatic rings. The molecule has 0 radical (unpaired) electrons. The lowest BCUT2D eigenvalue weighted by atomic mass is 10.1. The number of anilines is 1. The second kappa shape index (κ2) is 10.6. The number of nitrogens with zero attached hydrogens (tertiary/aromatic N) is 1. The molecule has 0 fully saturated rings. The molecule has 0 aliphatic carbocycles. The highest BCUT2D eigenvalue weighted by atomic mass is 32.1. The summed E-state index contributed by atoms with van der Waals surface area (Å²) in [6, 6.07) is 18.1. The number of carbonyl (C=O) groups is 3. The van der Waals surface area contributed by atoms with Crippen molar-refractivity contribution in [2.75, 3.05) is 5.32 Å². The second-order valence-electron chi connectivity index (χ2n) is 9.12. The van der Waals surface area contributed by atoms with Crippen molar-refractivity contribution in [3.05, 3.63) is 94.3 Å². The van der Waals surface area contributed by atoms with Gasteiger partial charge < -0.3 is 15.4 Å². The minimum Gasteiger partial charge on any atom is -0.443 e. The molecule has 36 heavy (non-hydrogen) atoms. The number of hydrogen-bond acceptors (Lipinski definition) is 5. The van der Waals surface area contributed by atoms with Crippen LogP contribution in [0.4, 0.5) is 10.5 Å². The van der Waals surface area contributed by atoms with Gasteiger partial charge in [0.1, 0.15) is 5.60 Å². The van der Waals surface area contributed by atoms with Crippen LogP contribution in [0.3, 0.4) is 0 Å². The van der Waals surface area contributed by atoms with Gasteiger partial charge in [-0.05, 0) is 62.6 Å². The average molecular weight is 502 g/mol. The van der Waals surface area contributed by atoms with E-state index in [-0.39, 0.29) is 11.8 Å². The Morgan fingerprint density at radius 1 is 1.03 bits per heavy atom. The van der Waals surface area contributed by atoms with Gasteiger partial charge in [-0.3, -0.25) is 14.2 Å². The number of aromatic nitrogens is 1. The van der Waals surface area contributed by atoms with Crippen LogP contribution in [-0.4, -0.2) is 28.1 Å². The molecule has 7 nitrogen and oxygen atoms in total. The van der Waals surface area contributed by atoms with Crippen LogP contribution in [0.2, 0.25) is 0 Å². The van der Waals surface area contributed by atoms with Crippen LogP contribution in [-0.2, 0) is 16.1 Å². The highest BCUT2D eigenvalue weighted by Crippen LogP contribution is 2.24. The summed E-state index contributed by atoms with van der Waals surface area (Å²) in [5.41, 5.74) is 1.72. The number of carbonyl (C=O) groups excluding carboxylic acids is 3. The molecule has 2 aromatic carbocycles. The number of ether oxygens (including phenoxy) is 1. The normalized spacial score (nSPS) is 11.5. The lowest BCUT2D eigenvalue weighted by Crippen LogP contribution is -2.26. The van der Waals surface area contributed by atoms with Gasteiger partial charge in [-0.1, -0.05) is 30.3 Å². The van der Waals surface area contributed by atoms with Gasteiger partial charge in [0.05, 0.1) is 12.1 Å². The first-order valence-corrected chi connectivity index (χ1v) is 12.3. The summed E-state index contributed by atoms with van der Waals surface area (Å²) in [6.45, 7) is 5.88. The van der Waals surface area contributed by atoms with Gasteiger partial charge in [0.25, 0.3) is 5.91 Å². The topological polar surface area (TPSA) is 89.4 Å². The molecule has 0 saturated heterocycles. The van der Waals surface area contributed by atoms with Gasteiger partial charge >= 0.3 is 6.09 Å². The standard InChI is InChI=1S/C28H27N3O4S/c1-28(2,3)35-27(34)31-18-20(23-11-4-5-12-24(23)31)13-14-25(32)30-21-9-6-8-19(16-21)26(33)29-17-22-10-7-15-36-22/h4-16,18H,17H2,1-3H3,(H,29,33)(H,30,32)/b14-13+. The van der Waals surface area contributed by atoms with E-state index < -0.39 is 11.7 Å². The Balaban J connectivity index is 1.45. The maximum Gasteiger partial charge on any atom is 0.419 e. The van der Waals surface area contributed by atoms with Gasteiger partial charge in [0, 0.05) is 39.4 Å². The lowest BCUT2D eigenvalue weighted by Gasteiger charge is -2.19. The first kappa shape index (κ1) is 24.9. The highest BCUT2D eigenvalue weighted by Gasteiger charge is 2.20. The Hall–Kier alpha value is -4.17. The third kappa shape index (κ3) is 6.28. The van der Waals surface area contributed by atoms with E-state index in [1.165, 1.54) is 10.6 Å². The molecule has 2 amide bonds. The van der Waals surface area contributed by atoms with Crippen molar-refractivity contribution in [3.8, 4) is 0 Å². The first-order chi connectivity index (χ1) is 17.2. The van der Waals surface area contributed by atoms with Crippen LogP contribution in [0.5, 0.6) is 0 Å². The number of rotatable bonds is 6. The Morgan fingerprint density at radius 2 is 1.83 bits per heavy atom. The van der Waals surface area contributed by atoms with Crippen LogP contribution < -0.4 is 10.6 Å². The molecule has 184 valence electrons. The fourth-order valence-electron chi connectivity index (χ4n) is 3.57. The molecule has 2 N–H and O–H groups in total. The maximum atomic E-state index is 12.7. The second-order valence-corrected chi connectivity index (χ2v) is 10.1. The molecule has 0 aliphatic rings. The SMILES string of the molecule is CC(C)(C)OC(=O)n1cc(/C=C/C(=O)Nc2cccc(C(=O)NCc3cccs3)c2)c2ccccc21. The minimum atomic E-state index is -0.631. The number of amides is 2. The number of para-hydroxylation sites is 1. The molecule has 0 bridgehead atoms. The molecule has 0 spiro atoms. The summed E-state index contributed by atoms with van der Waals surface area (Å²) in [5, 5.41) is 8.43. The highest BCUT2D eigenvalue weighted by molar-refractivity contribution is 7.09. The van der Waals surface area contributed by atoms with Crippen LogP contribution >= 0.6 is 11.3 Å². The number of hydrogen-bond donors (Lipinski definition) is 2. The Morgan fingerprint density at radius 3 is 2.58 bits per heavy atom. The number of benzene rings is 2. The fraction of sp³-hybridized carbons (Fsp3) is 0.179. The molecule has 8 heteroatoms. The van der Waals surface area contributed by atoms with Gasteiger partial charge in [-0.15, -0.1) is 11.3 Å². The summed E-state index contributed by atoms with van der Waals surface area (Å²) < 4.78 is 6.95. The molecule has 0 aliphatic heterocycles. The molecule has 0 unspecified atom stereocenters. The summed E-state index contributed by atoms with van der Waals surface area (Å²) in [5.74, 6) is -0.578. The van der Waals surface area contributed by atoms with E-state index in [2.05, 4.69) is 10.6 Å². The largest absolute Gasteiger partial charge is 0.443 e. The molecular formula is C28H27N3O4S. The zero-order valence-corrected chi connectivity index (χ0v) is 21.1. The number of thiophene rings is 1. The van der Waals surface area contributed by atoms with Gasteiger partial charge in [0.15, 0.2) is 0 Å². The van der Waals surface area contributed by atoms with Crippen molar-refractivity contribution in [3.63, 3.8) is 0 Å². The van der Waals surface area contributed by atoms with Crippen molar-refractivity contribution in [1.29, 1.82) is 0 Å². The summed E-state index contributed by atoms with van der Waals surface area (Å²) >= 11 is 1.57. The van der Waals surface area contributed by atoms with Crippen molar-refractivity contribution in [1.82, 2.24) is 9.88 Å². The first-order valence-electron chi connectivity index (χ1n) is 11.4. The molecule has 0 saturated carbocycles. The van der Waals surface area contributed by atoms with Gasteiger partial charge in [-0.25, -0.2) is 4.79 Å². The molecule has 4 rings (SSSR count). The van der Waals surface area contributed by atoms with E-state index in [0.29, 0.717) is 28.9 Å². The van der Waals surface area contributed by atoms with Crippen LogP contribution in [0.1, 0.15) is 41.6 Å². The van der Waals surface area contributed by atoms with E-state index in [4.69, 9.17) is 4.74 Å². The Kier molecular flexibility index (Phi) is 7.36. The zero-order valence-electron chi connectivity index (χ0n) is 20.3. The predicted octanol–water partition coefficient (Wildman–Crippen LogP) is 6.07. The fourth-order valence-corrected chi connectivity index (χ4v) is 4.22.